The molecule has 100 valence electrons. The molecule has 3 rings (SSSR count). The summed E-state index contributed by atoms with van der Waals surface area (Å²) in [5.41, 5.74) is 0.473. The normalized spacial score (nSPS) is 10.5. The van der Waals surface area contributed by atoms with Gasteiger partial charge in [-0.25, -0.2) is 9.97 Å². The molecule has 0 aliphatic rings. The topological polar surface area (TPSA) is 91.5 Å². The molecule has 0 fully saturated rings. The Hall–Kier alpha value is -2.61. The van der Waals surface area contributed by atoms with Gasteiger partial charge in [0.25, 0.3) is 5.95 Å². The van der Waals surface area contributed by atoms with E-state index >= 15 is 0 Å². The zero-order valence-electron chi connectivity index (χ0n) is 10.3. The molecular weight excluding hydrogens is 282 g/mol. The van der Waals surface area contributed by atoms with Gasteiger partial charge in [0.15, 0.2) is 5.82 Å². The van der Waals surface area contributed by atoms with Crippen LogP contribution in [-0.4, -0.2) is 41.8 Å². The van der Waals surface area contributed by atoms with E-state index in [9.17, 15) is 0 Å². The Morgan fingerprint density at radius 3 is 2.90 bits per heavy atom. The highest BCUT2D eigenvalue weighted by Gasteiger charge is 2.14. The number of methoxy groups -OCH3 is 1. The smallest absolute Gasteiger partial charge is 0.256 e. The van der Waals surface area contributed by atoms with Crippen molar-refractivity contribution in [2.45, 2.75) is 0 Å². The lowest BCUT2D eigenvalue weighted by Crippen LogP contribution is -2.06. The molecule has 0 N–H and O–H groups in total. The Morgan fingerprint density at radius 2 is 2.15 bits per heavy atom. The van der Waals surface area contributed by atoms with E-state index in [4.69, 9.17) is 16.3 Å². The SMILES string of the molecule is COc1cccnc1-c1nc(Cl)nc(-n2cncn2)n1. The number of hydrogen-bond donors (Lipinski definition) is 0. The van der Waals surface area contributed by atoms with Crippen LogP contribution in [0, 0.1) is 0 Å². The first-order valence-corrected chi connectivity index (χ1v) is 5.91. The van der Waals surface area contributed by atoms with Crippen molar-refractivity contribution in [1.29, 1.82) is 0 Å². The molecule has 20 heavy (non-hydrogen) atoms. The summed E-state index contributed by atoms with van der Waals surface area (Å²) in [5, 5.41) is 3.98. The van der Waals surface area contributed by atoms with Gasteiger partial charge in [0.1, 0.15) is 24.1 Å². The summed E-state index contributed by atoms with van der Waals surface area (Å²) >= 11 is 5.92. The van der Waals surface area contributed by atoms with Crippen LogP contribution >= 0.6 is 11.6 Å². The maximum atomic E-state index is 5.92. The summed E-state index contributed by atoms with van der Waals surface area (Å²) in [6, 6.07) is 3.51. The van der Waals surface area contributed by atoms with Crippen LogP contribution in [0.1, 0.15) is 0 Å². The predicted molar refractivity (Wildman–Crippen MR) is 69.5 cm³/mol. The van der Waals surface area contributed by atoms with Crippen molar-refractivity contribution in [3.05, 3.63) is 36.3 Å². The Balaban J connectivity index is 2.15. The second-order valence-corrected chi connectivity index (χ2v) is 3.96. The molecule has 8 nitrogen and oxygen atoms in total. The quantitative estimate of drug-likeness (QED) is 0.715. The minimum Gasteiger partial charge on any atom is -0.494 e. The second kappa shape index (κ2) is 5.17. The molecule has 0 aromatic carbocycles. The van der Waals surface area contributed by atoms with Crippen LogP contribution in [0.25, 0.3) is 17.5 Å². The zero-order chi connectivity index (χ0) is 13.9. The number of halogens is 1. The minimum absolute atomic E-state index is 0.0354. The Kier molecular flexibility index (Phi) is 3.21. The minimum atomic E-state index is 0.0354. The molecule has 0 aliphatic carbocycles. The Labute approximate surface area is 118 Å². The van der Waals surface area contributed by atoms with E-state index in [0.29, 0.717) is 17.3 Å². The van der Waals surface area contributed by atoms with E-state index in [1.807, 2.05) is 0 Å². The molecule has 3 aromatic heterocycles. The van der Waals surface area contributed by atoms with Gasteiger partial charge in [0.05, 0.1) is 7.11 Å². The summed E-state index contributed by atoms with van der Waals surface area (Å²) in [7, 11) is 1.54. The van der Waals surface area contributed by atoms with E-state index < -0.39 is 0 Å². The van der Waals surface area contributed by atoms with Crippen molar-refractivity contribution in [2.24, 2.45) is 0 Å². The summed E-state index contributed by atoms with van der Waals surface area (Å²) in [5.74, 6) is 1.09. The summed E-state index contributed by atoms with van der Waals surface area (Å²) in [6.07, 6.45) is 4.45. The molecule has 3 aromatic rings. The van der Waals surface area contributed by atoms with Crippen LogP contribution < -0.4 is 4.74 Å². The average Bonchev–Trinajstić information content (AvgIpc) is 3.01. The van der Waals surface area contributed by atoms with Crippen molar-refractivity contribution in [1.82, 2.24) is 34.7 Å². The number of aromatic nitrogens is 7. The Morgan fingerprint density at radius 1 is 1.25 bits per heavy atom. The van der Waals surface area contributed by atoms with E-state index in [-0.39, 0.29) is 11.2 Å². The lowest BCUT2D eigenvalue weighted by molar-refractivity contribution is 0.414. The highest BCUT2D eigenvalue weighted by atomic mass is 35.5. The van der Waals surface area contributed by atoms with Crippen LogP contribution in [0.2, 0.25) is 5.28 Å². The van der Waals surface area contributed by atoms with Gasteiger partial charge in [-0.05, 0) is 23.7 Å². The Bertz CT molecular complexity index is 731. The highest BCUT2D eigenvalue weighted by molar-refractivity contribution is 6.28. The van der Waals surface area contributed by atoms with Crippen molar-refractivity contribution < 1.29 is 4.74 Å². The molecule has 0 atom stereocenters. The van der Waals surface area contributed by atoms with Crippen LogP contribution in [0.5, 0.6) is 5.75 Å². The van der Waals surface area contributed by atoms with Crippen molar-refractivity contribution >= 4 is 11.6 Å². The molecule has 0 saturated carbocycles. The first kappa shape index (κ1) is 12.4. The monoisotopic (exact) mass is 289 g/mol. The maximum Gasteiger partial charge on any atom is 0.256 e. The van der Waals surface area contributed by atoms with Gasteiger partial charge in [-0.1, -0.05) is 0 Å². The standard InChI is InChI=1S/C11H8ClN7O/c1-20-7-3-2-4-14-8(7)9-16-10(12)18-11(17-9)19-6-13-5-15-19/h2-6H,1H3. The largest absolute Gasteiger partial charge is 0.494 e. The third-order valence-corrected chi connectivity index (χ3v) is 2.59. The van der Waals surface area contributed by atoms with E-state index in [1.54, 1.807) is 25.4 Å². The van der Waals surface area contributed by atoms with E-state index in [1.165, 1.54) is 17.3 Å². The van der Waals surface area contributed by atoms with Gasteiger partial charge in [-0.3, -0.25) is 0 Å². The van der Waals surface area contributed by atoms with Gasteiger partial charge in [0.2, 0.25) is 5.28 Å². The molecule has 0 spiro atoms. The molecule has 0 bridgehead atoms. The third kappa shape index (κ3) is 2.28. The lowest BCUT2D eigenvalue weighted by Gasteiger charge is -2.07. The molecule has 0 amide bonds. The lowest BCUT2D eigenvalue weighted by atomic mass is 10.3. The fourth-order valence-corrected chi connectivity index (χ4v) is 1.74. The molecule has 3 heterocycles. The third-order valence-electron chi connectivity index (χ3n) is 2.42. The summed E-state index contributed by atoms with van der Waals surface area (Å²) < 4.78 is 6.61. The summed E-state index contributed by atoms with van der Waals surface area (Å²) in [6.45, 7) is 0. The van der Waals surface area contributed by atoms with Crippen LogP contribution in [-0.2, 0) is 0 Å². The fraction of sp³-hybridized carbons (Fsp3) is 0.0909. The number of rotatable bonds is 3. The maximum absolute atomic E-state index is 5.92. The number of nitrogens with zero attached hydrogens (tertiary/aromatic N) is 7. The first-order valence-electron chi connectivity index (χ1n) is 5.54. The first-order chi connectivity index (χ1) is 9.78. The summed E-state index contributed by atoms with van der Waals surface area (Å²) in [4.78, 5) is 20.4. The molecule has 0 saturated heterocycles. The van der Waals surface area contributed by atoms with Crippen LogP contribution in [0.4, 0.5) is 0 Å². The van der Waals surface area contributed by atoms with Crippen molar-refractivity contribution in [3.8, 4) is 23.2 Å². The highest BCUT2D eigenvalue weighted by Crippen LogP contribution is 2.25. The average molecular weight is 290 g/mol. The predicted octanol–water partition coefficient (Wildman–Crippen LogP) is 1.18. The fourth-order valence-electron chi connectivity index (χ4n) is 1.58. The number of hydrogen-bond acceptors (Lipinski definition) is 7. The zero-order valence-corrected chi connectivity index (χ0v) is 11.1. The molecule has 0 aliphatic heterocycles. The van der Waals surface area contributed by atoms with Gasteiger partial charge < -0.3 is 4.74 Å². The van der Waals surface area contributed by atoms with Crippen molar-refractivity contribution in [3.63, 3.8) is 0 Å². The van der Waals surface area contributed by atoms with Crippen LogP contribution in [0.3, 0.4) is 0 Å². The van der Waals surface area contributed by atoms with Gasteiger partial charge in [-0.15, -0.1) is 0 Å². The number of ether oxygens (including phenoxy) is 1. The molecular formula is C11H8ClN7O. The van der Waals surface area contributed by atoms with E-state index in [2.05, 4.69) is 30.0 Å². The van der Waals surface area contributed by atoms with Gasteiger partial charge >= 0.3 is 0 Å². The molecule has 0 radical (unpaired) electrons. The number of pyridine rings is 1. The van der Waals surface area contributed by atoms with E-state index in [0.717, 1.165) is 0 Å². The molecule has 0 unspecified atom stereocenters. The molecule has 9 heteroatoms. The van der Waals surface area contributed by atoms with Gasteiger partial charge in [0, 0.05) is 6.20 Å². The van der Waals surface area contributed by atoms with Crippen LogP contribution in [0.15, 0.2) is 31.0 Å². The second-order valence-electron chi connectivity index (χ2n) is 3.62. The van der Waals surface area contributed by atoms with Crippen molar-refractivity contribution in [2.75, 3.05) is 7.11 Å². The van der Waals surface area contributed by atoms with Gasteiger partial charge in [-0.2, -0.15) is 24.7 Å².